The van der Waals surface area contributed by atoms with Crippen LogP contribution in [0.5, 0.6) is 0 Å². The predicted octanol–water partition coefficient (Wildman–Crippen LogP) is 3.45. The van der Waals surface area contributed by atoms with Crippen LogP contribution in [0.3, 0.4) is 0 Å². The van der Waals surface area contributed by atoms with Gasteiger partial charge in [0.25, 0.3) is 0 Å². The zero-order valence-electron chi connectivity index (χ0n) is 17.1. The van der Waals surface area contributed by atoms with Crippen LogP contribution < -0.4 is 0 Å². The number of hydrogen-bond donors (Lipinski definition) is 0. The number of carbonyl (C=O) groups excluding carboxylic acids is 3. The first-order chi connectivity index (χ1) is 13.7. The van der Waals surface area contributed by atoms with Crippen molar-refractivity contribution in [2.24, 2.45) is 0 Å². The average molecular weight is 398 g/mol. The lowest BCUT2D eigenvalue weighted by Crippen LogP contribution is -2.63. The number of benzene rings is 1. The summed E-state index contributed by atoms with van der Waals surface area (Å²) in [5.41, 5.74) is 0.231. The van der Waals surface area contributed by atoms with Crippen molar-refractivity contribution in [2.75, 3.05) is 0 Å². The topological polar surface area (TPSA) is 76.2 Å². The Bertz CT molecular complexity index is 860. The summed E-state index contributed by atoms with van der Waals surface area (Å²) >= 11 is 0. The van der Waals surface area contributed by atoms with E-state index < -0.39 is 36.0 Å². The van der Waals surface area contributed by atoms with E-state index in [1.165, 1.54) is 4.90 Å². The van der Waals surface area contributed by atoms with Gasteiger partial charge in [-0.15, -0.1) is 0 Å². The maximum absolute atomic E-state index is 13.0. The summed E-state index contributed by atoms with van der Waals surface area (Å²) in [6.07, 6.45) is 2.37. The van der Waals surface area contributed by atoms with Gasteiger partial charge in [-0.2, -0.15) is 0 Å². The lowest BCUT2D eigenvalue weighted by Gasteiger charge is -2.43. The van der Waals surface area contributed by atoms with Crippen molar-refractivity contribution in [1.82, 2.24) is 9.80 Å². The Kier molecular flexibility index (Phi) is 4.63. The number of ketones is 1. The van der Waals surface area contributed by atoms with Crippen molar-refractivity contribution >= 4 is 18.0 Å². The van der Waals surface area contributed by atoms with Crippen molar-refractivity contribution in [3.05, 3.63) is 48.0 Å². The molecular weight excluding hydrogens is 372 g/mol. The molecule has 0 saturated carbocycles. The number of ether oxygens (including phenoxy) is 2. The van der Waals surface area contributed by atoms with E-state index in [2.05, 4.69) is 0 Å². The summed E-state index contributed by atoms with van der Waals surface area (Å²) in [7, 11) is 0. The first kappa shape index (κ1) is 19.5. The van der Waals surface area contributed by atoms with Crippen LogP contribution in [0.1, 0.15) is 45.8 Å². The highest BCUT2D eigenvalue weighted by molar-refractivity contribution is 5.93. The van der Waals surface area contributed by atoms with E-state index >= 15 is 0 Å². The van der Waals surface area contributed by atoms with Gasteiger partial charge in [0.1, 0.15) is 17.7 Å². The largest absolute Gasteiger partial charge is 0.444 e. The molecule has 29 heavy (non-hydrogen) atoms. The van der Waals surface area contributed by atoms with Crippen LogP contribution in [0, 0.1) is 0 Å². The summed E-state index contributed by atoms with van der Waals surface area (Å²) < 4.78 is 11.2. The highest BCUT2D eigenvalue weighted by atomic mass is 16.6. The second kappa shape index (κ2) is 6.90. The van der Waals surface area contributed by atoms with Gasteiger partial charge in [-0.25, -0.2) is 9.59 Å². The Labute approximate surface area is 170 Å². The van der Waals surface area contributed by atoms with Gasteiger partial charge in [-0.3, -0.25) is 14.6 Å². The van der Waals surface area contributed by atoms with E-state index in [9.17, 15) is 14.4 Å². The molecule has 2 amide bonds. The van der Waals surface area contributed by atoms with Crippen molar-refractivity contribution < 1.29 is 23.9 Å². The van der Waals surface area contributed by atoms with Crippen molar-refractivity contribution in [2.45, 2.75) is 70.0 Å². The van der Waals surface area contributed by atoms with Gasteiger partial charge in [0, 0.05) is 6.42 Å². The van der Waals surface area contributed by atoms with Gasteiger partial charge < -0.3 is 9.47 Å². The number of rotatable bonds is 2. The zero-order valence-corrected chi connectivity index (χ0v) is 17.1. The molecule has 1 aromatic carbocycles. The predicted molar refractivity (Wildman–Crippen MR) is 105 cm³/mol. The number of cyclic esters (lactones) is 1. The second-order valence-electron chi connectivity index (χ2n) is 8.81. The van der Waals surface area contributed by atoms with Gasteiger partial charge in [-0.05, 0) is 33.3 Å². The molecule has 3 aliphatic rings. The summed E-state index contributed by atoms with van der Waals surface area (Å²) in [4.78, 5) is 41.6. The number of carbonyl (C=O) groups is 3. The Balaban J connectivity index is 1.62. The fourth-order valence-electron chi connectivity index (χ4n) is 4.42. The Morgan fingerprint density at radius 1 is 1.14 bits per heavy atom. The van der Waals surface area contributed by atoms with Crippen molar-refractivity contribution in [3.8, 4) is 0 Å². The maximum atomic E-state index is 13.0. The van der Waals surface area contributed by atoms with Crippen LogP contribution in [0.15, 0.2) is 42.5 Å². The molecule has 3 aliphatic heterocycles. The third-order valence-corrected chi connectivity index (χ3v) is 5.62. The number of hydrogen-bond acceptors (Lipinski definition) is 5. The van der Waals surface area contributed by atoms with Crippen LogP contribution in [0.2, 0.25) is 0 Å². The Hall–Kier alpha value is -2.83. The normalized spacial score (nSPS) is 31.2. The molecule has 3 heterocycles. The number of Topliss-reactive ketones (excluding diaryl/α,β-unsaturated/α-hetero) is 1. The molecule has 2 saturated heterocycles. The van der Waals surface area contributed by atoms with Crippen LogP contribution in [0.4, 0.5) is 9.59 Å². The molecule has 0 N–H and O–H groups in total. The highest BCUT2D eigenvalue weighted by Gasteiger charge is 2.55. The van der Waals surface area contributed by atoms with Gasteiger partial charge in [0.15, 0.2) is 5.78 Å². The van der Waals surface area contributed by atoms with E-state index in [0.29, 0.717) is 0 Å². The van der Waals surface area contributed by atoms with Crippen LogP contribution in [0.25, 0.3) is 0 Å². The molecule has 5 atom stereocenters. The van der Waals surface area contributed by atoms with Crippen LogP contribution >= 0.6 is 0 Å². The molecule has 0 aromatic heterocycles. The number of piperidine rings is 1. The average Bonchev–Trinajstić information content (AvgIpc) is 3.12. The molecule has 0 radical (unpaired) electrons. The van der Waals surface area contributed by atoms with Gasteiger partial charge >= 0.3 is 12.2 Å². The Morgan fingerprint density at radius 2 is 1.83 bits per heavy atom. The second-order valence-corrected chi connectivity index (χ2v) is 8.81. The van der Waals surface area contributed by atoms with Crippen LogP contribution in [-0.2, 0) is 14.3 Å². The summed E-state index contributed by atoms with van der Waals surface area (Å²) in [5, 5.41) is 0. The number of nitrogens with zero attached hydrogens (tertiary/aromatic N) is 2. The molecule has 7 nitrogen and oxygen atoms in total. The molecule has 0 aliphatic carbocycles. The molecule has 0 spiro atoms. The van der Waals surface area contributed by atoms with E-state index in [1.807, 2.05) is 49.4 Å². The first-order valence-electron chi connectivity index (χ1n) is 9.93. The van der Waals surface area contributed by atoms with E-state index in [1.54, 1.807) is 25.7 Å². The fourth-order valence-corrected chi connectivity index (χ4v) is 4.42. The van der Waals surface area contributed by atoms with E-state index in [-0.39, 0.29) is 24.3 Å². The standard InChI is InChI=1S/C22H26N2O5/c1-13-19(14-8-6-5-7-9-14)28-20(26)23(13)18-16-11-10-15(12-17(18)25)24(16)21(27)29-22(2,3)4/h5-11,13,15-16,18-19H,12H2,1-4H3/t13-,15-,16+,18-,19-/m1/s1. The minimum absolute atomic E-state index is 0.0673. The quantitative estimate of drug-likeness (QED) is 0.713. The highest BCUT2D eigenvalue weighted by Crippen LogP contribution is 2.39. The SMILES string of the molecule is C[C@@H]1[C@H](c2ccccc2)OC(=O)N1[C@H]1C(=O)C[C@H]2C=C[C@@H]1N2C(=O)OC(C)(C)C. The minimum Gasteiger partial charge on any atom is -0.444 e. The molecule has 154 valence electrons. The van der Waals surface area contributed by atoms with Gasteiger partial charge in [-0.1, -0.05) is 42.5 Å². The first-order valence-corrected chi connectivity index (χ1v) is 9.93. The summed E-state index contributed by atoms with van der Waals surface area (Å²) in [6, 6.07) is 7.46. The number of fused-ring (bicyclic) bond motifs is 2. The summed E-state index contributed by atoms with van der Waals surface area (Å²) in [6.45, 7) is 7.28. The maximum Gasteiger partial charge on any atom is 0.411 e. The monoisotopic (exact) mass is 398 g/mol. The van der Waals surface area contributed by atoms with E-state index in [4.69, 9.17) is 9.47 Å². The lowest BCUT2D eigenvalue weighted by atomic mass is 9.92. The minimum atomic E-state index is -0.784. The zero-order chi connectivity index (χ0) is 20.9. The third kappa shape index (κ3) is 3.39. The fraction of sp³-hybridized carbons (Fsp3) is 0.500. The summed E-state index contributed by atoms with van der Waals surface area (Å²) in [5.74, 6) is -0.0673. The van der Waals surface area contributed by atoms with E-state index in [0.717, 1.165) is 5.56 Å². The van der Waals surface area contributed by atoms with Crippen molar-refractivity contribution in [3.63, 3.8) is 0 Å². The molecule has 4 rings (SSSR count). The molecule has 2 bridgehead atoms. The molecular formula is C22H26N2O5. The van der Waals surface area contributed by atoms with Gasteiger partial charge in [0.2, 0.25) is 0 Å². The Morgan fingerprint density at radius 3 is 2.48 bits per heavy atom. The van der Waals surface area contributed by atoms with Gasteiger partial charge in [0.05, 0.1) is 18.1 Å². The molecule has 2 fully saturated rings. The van der Waals surface area contributed by atoms with Crippen LogP contribution in [-0.4, -0.2) is 57.5 Å². The molecule has 1 aromatic rings. The van der Waals surface area contributed by atoms with Crippen molar-refractivity contribution in [1.29, 1.82) is 0 Å². The smallest absolute Gasteiger partial charge is 0.411 e. The number of amides is 2. The lowest BCUT2D eigenvalue weighted by molar-refractivity contribution is -0.129. The molecule has 0 unspecified atom stereocenters. The third-order valence-electron chi connectivity index (χ3n) is 5.62. The molecule has 7 heteroatoms.